The molecule has 0 amide bonds. The predicted octanol–water partition coefficient (Wildman–Crippen LogP) is 3.49. The average molecular weight is 291 g/mol. The number of anilines is 2. The molecule has 2 aromatic rings. The molecule has 0 fully saturated rings. The van der Waals surface area contributed by atoms with E-state index in [2.05, 4.69) is 46.4 Å². The number of thiazole rings is 1. The Bertz CT molecular complexity index is 526. The summed E-state index contributed by atoms with van der Waals surface area (Å²) in [7, 11) is 0. The molecule has 1 unspecified atom stereocenters. The number of rotatable bonds is 7. The lowest BCUT2D eigenvalue weighted by molar-refractivity contribution is 0.849. The van der Waals surface area contributed by atoms with E-state index in [9.17, 15) is 0 Å². The van der Waals surface area contributed by atoms with Crippen molar-refractivity contribution in [2.75, 3.05) is 17.2 Å². The molecule has 0 aliphatic rings. The van der Waals surface area contributed by atoms with Crippen molar-refractivity contribution in [2.24, 2.45) is 0 Å². The van der Waals surface area contributed by atoms with Crippen molar-refractivity contribution >= 4 is 23.0 Å². The first kappa shape index (κ1) is 14.7. The topological polar surface area (TPSA) is 62.7 Å². The highest BCUT2D eigenvalue weighted by Gasteiger charge is 2.14. The van der Waals surface area contributed by atoms with Crippen LogP contribution in [0.15, 0.2) is 17.9 Å². The van der Waals surface area contributed by atoms with Gasteiger partial charge in [0.05, 0.1) is 6.04 Å². The van der Waals surface area contributed by atoms with Crippen molar-refractivity contribution in [1.82, 2.24) is 15.0 Å². The van der Waals surface area contributed by atoms with Gasteiger partial charge in [-0.05, 0) is 19.8 Å². The van der Waals surface area contributed by atoms with Gasteiger partial charge in [-0.2, -0.15) is 0 Å². The highest BCUT2D eigenvalue weighted by molar-refractivity contribution is 7.09. The van der Waals surface area contributed by atoms with Gasteiger partial charge in [0.15, 0.2) is 0 Å². The molecule has 0 aliphatic heterocycles. The van der Waals surface area contributed by atoms with Gasteiger partial charge < -0.3 is 10.6 Å². The first-order valence-electron chi connectivity index (χ1n) is 6.99. The van der Waals surface area contributed by atoms with Gasteiger partial charge in [-0.1, -0.05) is 13.8 Å². The molecule has 2 rings (SSSR count). The molecular formula is C14H21N5S. The van der Waals surface area contributed by atoms with Gasteiger partial charge >= 0.3 is 0 Å². The second kappa shape index (κ2) is 7.19. The Labute approximate surface area is 123 Å². The van der Waals surface area contributed by atoms with Crippen LogP contribution in [-0.2, 0) is 6.42 Å². The summed E-state index contributed by atoms with van der Waals surface area (Å²) in [5.41, 5.74) is 1.13. The van der Waals surface area contributed by atoms with Crippen LogP contribution in [0.25, 0.3) is 0 Å². The molecular weight excluding hydrogens is 270 g/mol. The van der Waals surface area contributed by atoms with E-state index < -0.39 is 0 Å². The van der Waals surface area contributed by atoms with Gasteiger partial charge in [-0.15, -0.1) is 11.3 Å². The lowest BCUT2D eigenvalue weighted by Gasteiger charge is -2.17. The van der Waals surface area contributed by atoms with Crippen molar-refractivity contribution < 1.29 is 0 Å². The zero-order valence-corrected chi connectivity index (χ0v) is 13.0. The zero-order chi connectivity index (χ0) is 14.4. The highest BCUT2D eigenvalue weighted by atomic mass is 32.1. The Morgan fingerprint density at radius 2 is 2.00 bits per heavy atom. The fourth-order valence-corrected chi connectivity index (χ4v) is 2.63. The maximum absolute atomic E-state index is 4.38. The van der Waals surface area contributed by atoms with E-state index >= 15 is 0 Å². The fraction of sp³-hybridized carbons (Fsp3) is 0.500. The Hall–Kier alpha value is -1.69. The van der Waals surface area contributed by atoms with Gasteiger partial charge in [0.1, 0.15) is 23.0 Å². The summed E-state index contributed by atoms with van der Waals surface area (Å²) in [6.45, 7) is 7.28. The second-order valence-corrected chi connectivity index (χ2v) is 5.49. The molecule has 0 aromatic carbocycles. The molecule has 0 aliphatic carbocycles. The monoisotopic (exact) mass is 291 g/mol. The minimum Gasteiger partial charge on any atom is -0.370 e. The molecule has 20 heavy (non-hydrogen) atoms. The van der Waals surface area contributed by atoms with Gasteiger partial charge in [-0.3, -0.25) is 0 Å². The Morgan fingerprint density at radius 3 is 2.65 bits per heavy atom. The molecule has 1 atom stereocenters. The van der Waals surface area contributed by atoms with E-state index in [-0.39, 0.29) is 6.04 Å². The van der Waals surface area contributed by atoms with Gasteiger partial charge in [0, 0.05) is 23.7 Å². The molecule has 0 saturated carbocycles. The summed E-state index contributed by atoms with van der Waals surface area (Å²) in [6.07, 6.45) is 5.40. The molecule has 0 radical (unpaired) electrons. The van der Waals surface area contributed by atoms with Crippen molar-refractivity contribution in [1.29, 1.82) is 0 Å². The fourth-order valence-electron chi connectivity index (χ4n) is 1.98. The summed E-state index contributed by atoms with van der Waals surface area (Å²) in [5, 5.41) is 9.85. The van der Waals surface area contributed by atoms with Crippen molar-refractivity contribution in [2.45, 2.75) is 39.7 Å². The van der Waals surface area contributed by atoms with E-state index in [1.807, 2.05) is 11.6 Å². The molecule has 0 spiro atoms. The Kier molecular flexibility index (Phi) is 5.29. The molecule has 5 nitrogen and oxygen atoms in total. The van der Waals surface area contributed by atoms with Crippen LogP contribution in [-0.4, -0.2) is 21.5 Å². The lowest BCUT2D eigenvalue weighted by atomic mass is 10.2. The van der Waals surface area contributed by atoms with E-state index in [1.54, 1.807) is 17.7 Å². The predicted molar refractivity (Wildman–Crippen MR) is 84.3 cm³/mol. The zero-order valence-electron chi connectivity index (χ0n) is 12.2. The Morgan fingerprint density at radius 1 is 1.20 bits per heavy atom. The summed E-state index contributed by atoms with van der Waals surface area (Å²) < 4.78 is 0. The molecule has 2 aromatic heterocycles. The number of aromatic nitrogens is 3. The number of hydrogen-bond donors (Lipinski definition) is 2. The minimum absolute atomic E-state index is 0.147. The van der Waals surface area contributed by atoms with Crippen molar-refractivity contribution in [3.63, 3.8) is 0 Å². The third-order valence-electron chi connectivity index (χ3n) is 3.02. The summed E-state index contributed by atoms with van der Waals surface area (Å²) >= 11 is 1.65. The molecule has 0 saturated heterocycles. The first-order valence-corrected chi connectivity index (χ1v) is 7.87. The number of hydrogen-bond acceptors (Lipinski definition) is 6. The van der Waals surface area contributed by atoms with E-state index in [1.165, 1.54) is 0 Å². The number of nitrogens with zero attached hydrogens (tertiary/aromatic N) is 3. The van der Waals surface area contributed by atoms with Crippen LogP contribution >= 0.6 is 11.3 Å². The molecule has 2 heterocycles. The lowest BCUT2D eigenvalue weighted by Crippen LogP contribution is -2.13. The minimum atomic E-state index is 0.147. The standard InChI is InChI=1S/C14H21N5S/c1-4-6-15-12-11(5-2)13(18-9-17-12)19-10(3)14-16-7-8-20-14/h7-10H,4-6H2,1-3H3,(H2,15,17,18,19). The van der Waals surface area contributed by atoms with E-state index in [0.717, 1.165) is 41.6 Å². The summed E-state index contributed by atoms with van der Waals surface area (Å²) in [6, 6.07) is 0.147. The highest BCUT2D eigenvalue weighted by Crippen LogP contribution is 2.25. The van der Waals surface area contributed by atoms with Crippen LogP contribution in [0.2, 0.25) is 0 Å². The molecule has 0 bridgehead atoms. The second-order valence-electron chi connectivity index (χ2n) is 4.57. The quantitative estimate of drug-likeness (QED) is 0.817. The van der Waals surface area contributed by atoms with E-state index in [0.29, 0.717) is 0 Å². The van der Waals surface area contributed by atoms with Gasteiger partial charge in [0.2, 0.25) is 0 Å². The smallest absolute Gasteiger partial charge is 0.135 e. The van der Waals surface area contributed by atoms with Crippen LogP contribution in [0.1, 0.15) is 43.8 Å². The van der Waals surface area contributed by atoms with Crippen LogP contribution in [0.5, 0.6) is 0 Å². The van der Waals surface area contributed by atoms with Crippen LogP contribution in [0, 0.1) is 0 Å². The normalized spacial score (nSPS) is 12.2. The third kappa shape index (κ3) is 3.45. The maximum atomic E-state index is 4.38. The van der Waals surface area contributed by atoms with Crippen LogP contribution < -0.4 is 10.6 Å². The van der Waals surface area contributed by atoms with Gasteiger partial charge in [-0.25, -0.2) is 15.0 Å². The average Bonchev–Trinajstić information content (AvgIpc) is 2.99. The molecule has 6 heteroatoms. The van der Waals surface area contributed by atoms with Crippen molar-refractivity contribution in [3.8, 4) is 0 Å². The van der Waals surface area contributed by atoms with Crippen molar-refractivity contribution in [3.05, 3.63) is 28.5 Å². The van der Waals surface area contributed by atoms with E-state index in [4.69, 9.17) is 0 Å². The third-order valence-corrected chi connectivity index (χ3v) is 3.97. The Balaban J connectivity index is 2.18. The molecule has 108 valence electrons. The van der Waals surface area contributed by atoms with Crippen LogP contribution in [0.3, 0.4) is 0 Å². The largest absolute Gasteiger partial charge is 0.370 e. The molecule has 2 N–H and O–H groups in total. The first-order chi connectivity index (χ1) is 9.76. The van der Waals surface area contributed by atoms with Crippen LogP contribution in [0.4, 0.5) is 11.6 Å². The summed E-state index contributed by atoms with van der Waals surface area (Å²) in [5.74, 6) is 1.82. The maximum Gasteiger partial charge on any atom is 0.135 e. The van der Waals surface area contributed by atoms with Gasteiger partial charge in [0.25, 0.3) is 0 Å². The number of nitrogens with one attached hydrogen (secondary N) is 2. The SMILES string of the molecule is CCCNc1ncnc(NC(C)c2nccs2)c1CC. The summed E-state index contributed by atoms with van der Waals surface area (Å²) in [4.78, 5) is 13.1.